The maximum atomic E-state index is 12.5. The van der Waals surface area contributed by atoms with Gasteiger partial charge in [-0.15, -0.1) is 0 Å². The molecule has 5 rings (SSSR count). The SMILES string of the molecule is CCCC[C@@]1(O)C[C@@H]2C[C@H](O)CC[C@]2(C)[C@H]2C[C@H](O)[C@]3(C)[C@@H]([C@H](C)CCCC4=NC(C)(C)CO4)CC[C@H]3[C@@H]21. The van der Waals surface area contributed by atoms with E-state index in [9.17, 15) is 15.3 Å². The zero-order valence-corrected chi connectivity index (χ0v) is 25.2. The smallest absolute Gasteiger partial charge is 0.183 e. The Hall–Kier alpha value is -0.650. The summed E-state index contributed by atoms with van der Waals surface area (Å²) >= 11 is 0. The number of hydrogen-bond acceptors (Lipinski definition) is 5. The summed E-state index contributed by atoms with van der Waals surface area (Å²) in [7, 11) is 0. The van der Waals surface area contributed by atoms with E-state index in [0.29, 0.717) is 36.2 Å². The predicted molar refractivity (Wildman–Crippen MR) is 153 cm³/mol. The van der Waals surface area contributed by atoms with Crippen LogP contribution in [0.2, 0.25) is 0 Å². The fourth-order valence-corrected chi connectivity index (χ4v) is 10.6. The number of aliphatic hydroxyl groups is 3. The summed E-state index contributed by atoms with van der Waals surface area (Å²) in [6.45, 7) is 14.4. The average Bonchev–Trinajstić information content (AvgIpc) is 3.39. The first-order valence-electron chi connectivity index (χ1n) is 16.1. The lowest BCUT2D eigenvalue weighted by atomic mass is 9.40. The van der Waals surface area contributed by atoms with E-state index in [2.05, 4.69) is 41.5 Å². The van der Waals surface area contributed by atoms with Gasteiger partial charge >= 0.3 is 0 Å². The standard InChI is InChI=1S/C33H57NO4/c1-7-8-15-33(37)19-22-17-23(35)14-16-31(22,5)26-18-27(36)32(6)24(12-13-25(32)29(26)33)21(2)10-9-11-28-34-30(3,4)20-38-28/h21-27,29,35-37H,7-20H2,1-6H3/t21-,22+,23-,24-,25+,26+,27+,29+,31+,32-,33-/m1/s1. The minimum absolute atomic E-state index is 0.0868. The summed E-state index contributed by atoms with van der Waals surface area (Å²) in [5.41, 5.74) is -0.779. The number of fused-ring (bicyclic) bond motifs is 5. The summed E-state index contributed by atoms with van der Waals surface area (Å²) in [6.07, 6.45) is 12.3. The molecule has 218 valence electrons. The molecular formula is C33H57NO4. The topological polar surface area (TPSA) is 82.3 Å². The molecule has 5 heteroatoms. The molecular weight excluding hydrogens is 474 g/mol. The van der Waals surface area contributed by atoms with Gasteiger partial charge in [-0.25, -0.2) is 4.99 Å². The van der Waals surface area contributed by atoms with Crippen LogP contribution >= 0.6 is 0 Å². The molecule has 4 aliphatic carbocycles. The Bertz CT molecular complexity index is 888. The molecule has 4 fully saturated rings. The minimum Gasteiger partial charge on any atom is -0.478 e. The van der Waals surface area contributed by atoms with Crippen molar-refractivity contribution in [3.63, 3.8) is 0 Å². The summed E-state index contributed by atoms with van der Waals surface area (Å²) in [6, 6.07) is 0. The molecule has 11 atom stereocenters. The number of ether oxygens (including phenoxy) is 1. The molecule has 0 spiro atoms. The van der Waals surface area contributed by atoms with Crippen molar-refractivity contribution in [1.82, 2.24) is 0 Å². The van der Waals surface area contributed by atoms with Crippen LogP contribution in [0.4, 0.5) is 0 Å². The van der Waals surface area contributed by atoms with Gasteiger partial charge in [-0.3, -0.25) is 0 Å². The Kier molecular flexibility index (Phi) is 7.84. The first-order valence-corrected chi connectivity index (χ1v) is 16.1. The van der Waals surface area contributed by atoms with E-state index in [1.165, 1.54) is 0 Å². The molecule has 0 aromatic heterocycles. The average molecular weight is 532 g/mol. The maximum Gasteiger partial charge on any atom is 0.183 e. The molecule has 0 amide bonds. The van der Waals surface area contributed by atoms with Crippen LogP contribution in [0.15, 0.2) is 4.99 Å². The number of aliphatic hydroxyl groups excluding tert-OH is 2. The molecule has 5 nitrogen and oxygen atoms in total. The van der Waals surface area contributed by atoms with Crippen molar-refractivity contribution in [3.8, 4) is 0 Å². The van der Waals surface area contributed by atoms with Crippen LogP contribution in [0.5, 0.6) is 0 Å². The van der Waals surface area contributed by atoms with Crippen LogP contribution in [0.1, 0.15) is 125 Å². The molecule has 38 heavy (non-hydrogen) atoms. The molecule has 4 saturated carbocycles. The van der Waals surface area contributed by atoms with Crippen LogP contribution in [0.3, 0.4) is 0 Å². The van der Waals surface area contributed by atoms with Crippen molar-refractivity contribution in [3.05, 3.63) is 0 Å². The van der Waals surface area contributed by atoms with Gasteiger partial charge < -0.3 is 20.1 Å². The zero-order valence-electron chi connectivity index (χ0n) is 25.2. The molecule has 5 aliphatic rings. The van der Waals surface area contributed by atoms with Crippen LogP contribution < -0.4 is 0 Å². The highest BCUT2D eigenvalue weighted by atomic mass is 16.5. The van der Waals surface area contributed by atoms with E-state index < -0.39 is 5.60 Å². The van der Waals surface area contributed by atoms with Crippen molar-refractivity contribution in [1.29, 1.82) is 0 Å². The number of aliphatic imine (C=N–C) groups is 1. The summed E-state index contributed by atoms with van der Waals surface area (Å²) in [5, 5.41) is 35.1. The van der Waals surface area contributed by atoms with Gasteiger partial charge in [0, 0.05) is 6.42 Å². The van der Waals surface area contributed by atoms with E-state index in [0.717, 1.165) is 89.4 Å². The van der Waals surface area contributed by atoms with E-state index in [1.807, 2.05) is 0 Å². The van der Waals surface area contributed by atoms with Crippen LogP contribution in [0, 0.1) is 46.3 Å². The molecule has 3 N–H and O–H groups in total. The highest BCUT2D eigenvalue weighted by Gasteiger charge is 2.68. The Morgan fingerprint density at radius 1 is 1.03 bits per heavy atom. The third kappa shape index (κ3) is 4.79. The molecule has 0 radical (unpaired) electrons. The Labute approximate surface area is 232 Å². The van der Waals surface area contributed by atoms with Gasteiger partial charge in [-0.1, -0.05) is 40.5 Å². The molecule has 0 aromatic carbocycles. The zero-order chi connectivity index (χ0) is 27.5. The Morgan fingerprint density at radius 3 is 2.47 bits per heavy atom. The van der Waals surface area contributed by atoms with Crippen molar-refractivity contribution in [2.24, 2.45) is 51.3 Å². The van der Waals surface area contributed by atoms with Gasteiger partial charge in [0.05, 0.1) is 23.3 Å². The van der Waals surface area contributed by atoms with Crippen molar-refractivity contribution in [2.75, 3.05) is 6.61 Å². The van der Waals surface area contributed by atoms with Gasteiger partial charge in [-0.2, -0.15) is 0 Å². The van der Waals surface area contributed by atoms with Crippen molar-refractivity contribution in [2.45, 2.75) is 148 Å². The van der Waals surface area contributed by atoms with Crippen LogP contribution in [-0.4, -0.2) is 51.2 Å². The van der Waals surface area contributed by atoms with Gasteiger partial charge in [-0.05, 0) is 124 Å². The highest BCUT2D eigenvalue weighted by Crippen LogP contribution is 2.70. The summed E-state index contributed by atoms with van der Waals surface area (Å²) in [5.74, 6) is 3.28. The molecule has 1 aliphatic heterocycles. The second-order valence-corrected chi connectivity index (χ2v) is 15.6. The Morgan fingerprint density at radius 2 is 1.79 bits per heavy atom. The quantitative estimate of drug-likeness (QED) is 0.333. The summed E-state index contributed by atoms with van der Waals surface area (Å²) in [4.78, 5) is 4.75. The third-order valence-corrected chi connectivity index (χ3v) is 12.7. The Balaban J connectivity index is 1.36. The number of nitrogens with zero attached hydrogens (tertiary/aromatic N) is 1. The molecule has 0 aromatic rings. The fraction of sp³-hybridized carbons (Fsp3) is 0.970. The minimum atomic E-state index is -0.670. The van der Waals surface area contributed by atoms with Crippen molar-refractivity contribution >= 4 is 5.90 Å². The van der Waals surface area contributed by atoms with Gasteiger partial charge in [0.1, 0.15) is 6.61 Å². The van der Waals surface area contributed by atoms with E-state index in [4.69, 9.17) is 9.73 Å². The fourth-order valence-electron chi connectivity index (χ4n) is 10.6. The lowest BCUT2D eigenvalue weighted by Crippen LogP contribution is -2.66. The third-order valence-electron chi connectivity index (χ3n) is 12.7. The molecule has 1 heterocycles. The predicted octanol–water partition coefficient (Wildman–Crippen LogP) is 6.52. The van der Waals surface area contributed by atoms with Gasteiger partial charge in [0.25, 0.3) is 0 Å². The number of unbranched alkanes of at least 4 members (excludes halogenated alkanes) is 1. The second kappa shape index (κ2) is 10.3. The first-order chi connectivity index (χ1) is 17.8. The number of hydrogen-bond donors (Lipinski definition) is 3. The van der Waals surface area contributed by atoms with Gasteiger partial charge in [0.15, 0.2) is 5.90 Å². The first kappa shape index (κ1) is 28.9. The lowest BCUT2D eigenvalue weighted by Gasteiger charge is -2.66. The molecule has 0 saturated heterocycles. The van der Waals surface area contributed by atoms with E-state index in [1.54, 1.807) is 0 Å². The largest absolute Gasteiger partial charge is 0.478 e. The monoisotopic (exact) mass is 531 g/mol. The van der Waals surface area contributed by atoms with E-state index >= 15 is 0 Å². The number of rotatable bonds is 8. The van der Waals surface area contributed by atoms with Crippen molar-refractivity contribution < 1.29 is 20.1 Å². The van der Waals surface area contributed by atoms with Crippen LogP contribution in [0.25, 0.3) is 0 Å². The molecule has 0 bridgehead atoms. The summed E-state index contributed by atoms with van der Waals surface area (Å²) < 4.78 is 5.84. The highest BCUT2D eigenvalue weighted by molar-refractivity contribution is 5.78. The maximum absolute atomic E-state index is 12.5. The van der Waals surface area contributed by atoms with E-state index in [-0.39, 0.29) is 34.5 Å². The lowest BCUT2D eigenvalue weighted by molar-refractivity contribution is -0.244. The normalized spacial score (nSPS) is 48.4. The molecule has 0 unspecified atom stereocenters. The van der Waals surface area contributed by atoms with Gasteiger partial charge in [0.2, 0.25) is 0 Å². The second-order valence-electron chi connectivity index (χ2n) is 15.6. The van der Waals surface area contributed by atoms with Crippen LogP contribution in [-0.2, 0) is 4.74 Å².